The molecule has 1 N–H and O–H groups in total. The van der Waals surface area contributed by atoms with Crippen molar-refractivity contribution in [1.82, 2.24) is 18.4 Å². The molecule has 1 fully saturated rings. The Morgan fingerprint density at radius 2 is 1.81 bits per heavy atom. The molecule has 0 aliphatic carbocycles. The molecule has 0 radical (unpaired) electrons. The summed E-state index contributed by atoms with van der Waals surface area (Å²) in [6.07, 6.45) is 3.31. The maximum atomic E-state index is 12.9. The molecule has 37 heavy (non-hydrogen) atoms. The Morgan fingerprint density at radius 3 is 2.68 bits per heavy atom. The zero-order valence-corrected chi connectivity index (χ0v) is 21.3. The van der Waals surface area contributed by atoms with E-state index in [1.165, 1.54) is 0 Å². The normalized spacial score (nSPS) is 18.1. The lowest BCUT2D eigenvalue weighted by Gasteiger charge is -2.31. The van der Waals surface area contributed by atoms with E-state index in [9.17, 15) is 13.2 Å². The van der Waals surface area contributed by atoms with Crippen molar-refractivity contribution >= 4 is 55.4 Å². The predicted octanol–water partition coefficient (Wildman–Crippen LogP) is 3.68. The number of carbonyl (C=O) groups excluding carboxylic acids is 1. The Balaban J connectivity index is 1.10. The van der Waals surface area contributed by atoms with Crippen molar-refractivity contribution in [3.63, 3.8) is 0 Å². The molecule has 1 aromatic heterocycles. The van der Waals surface area contributed by atoms with Gasteiger partial charge in [0.15, 0.2) is 5.70 Å². The van der Waals surface area contributed by atoms with E-state index in [-0.39, 0.29) is 16.5 Å². The molecule has 3 aromatic carbocycles. The fourth-order valence-corrected chi connectivity index (χ4v) is 6.57. The van der Waals surface area contributed by atoms with Gasteiger partial charge in [-0.25, -0.2) is 22.9 Å². The first-order valence-corrected chi connectivity index (χ1v) is 14.2. The number of ether oxygens (including phenoxy) is 1. The molecule has 4 aromatic rings. The molecule has 0 unspecified atom stereocenters. The van der Waals surface area contributed by atoms with E-state index >= 15 is 0 Å². The number of likely N-dealkylation sites (tertiary alicyclic amines) is 1. The van der Waals surface area contributed by atoms with Crippen LogP contribution in [0.1, 0.15) is 18.4 Å². The van der Waals surface area contributed by atoms with E-state index in [4.69, 9.17) is 4.74 Å². The highest BCUT2D eigenvalue weighted by Crippen LogP contribution is 2.26. The van der Waals surface area contributed by atoms with Gasteiger partial charge >= 0.3 is 5.97 Å². The number of nitrogens with one attached hydrogen (secondary N) is 1. The van der Waals surface area contributed by atoms with Crippen molar-refractivity contribution in [2.24, 2.45) is 10.9 Å². The number of piperidine rings is 1. The molecule has 9 nitrogen and oxygen atoms in total. The smallest absolute Gasteiger partial charge is 0.365 e. The van der Waals surface area contributed by atoms with Crippen LogP contribution in [0, 0.1) is 5.92 Å². The SMILES string of the molecule is O=C1OC(c2cccc3ccccc23)=NC1=CN1CCC(CNS(=O)(=O)c2cccc3nsnc23)CC1. The van der Waals surface area contributed by atoms with E-state index in [0.717, 1.165) is 40.9 Å². The molecule has 0 atom stereocenters. The van der Waals surface area contributed by atoms with Gasteiger partial charge in [0.1, 0.15) is 15.9 Å². The van der Waals surface area contributed by atoms with Crippen LogP contribution in [0.2, 0.25) is 0 Å². The zero-order valence-electron chi connectivity index (χ0n) is 19.7. The lowest BCUT2D eigenvalue weighted by Crippen LogP contribution is -2.36. The second-order valence-electron chi connectivity index (χ2n) is 9.07. The molecule has 2 aliphatic rings. The first-order chi connectivity index (χ1) is 18.0. The molecule has 3 heterocycles. The molecular formula is C26H23N5O4S2. The van der Waals surface area contributed by atoms with Crippen molar-refractivity contribution in [2.75, 3.05) is 19.6 Å². The van der Waals surface area contributed by atoms with Crippen LogP contribution in [0.3, 0.4) is 0 Å². The monoisotopic (exact) mass is 533 g/mol. The zero-order chi connectivity index (χ0) is 25.4. The van der Waals surface area contributed by atoms with Crippen LogP contribution in [-0.2, 0) is 19.6 Å². The summed E-state index contributed by atoms with van der Waals surface area (Å²) in [7, 11) is -3.69. The summed E-state index contributed by atoms with van der Waals surface area (Å²) < 4.78 is 42.3. The lowest BCUT2D eigenvalue weighted by atomic mass is 9.97. The third-order valence-corrected chi connectivity index (χ3v) is 8.69. The van der Waals surface area contributed by atoms with E-state index in [0.29, 0.717) is 36.6 Å². The third kappa shape index (κ3) is 4.73. The molecular weight excluding hydrogens is 510 g/mol. The van der Waals surface area contributed by atoms with Crippen LogP contribution < -0.4 is 4.72 Å². The number of nitrogens with zero attached hydrogens (tertiary/aromatic N) is 4. The number of hydrogen-bond acceptors (Lipinski definition) is 9. The van der Waals surface area contributed by atoms with E-state index in [2.05, 4.69) is 18.5 Å². The predicted molar refractivity (Wildman–Crippen MR) is 142 cm³/mol. The van der Waals surface area contributed by atoms with Crippen molar-refractivity contribution in [1.29, 1.82) is 0 Å². The first-order valence-electron chi connectivity index (χ1n) is 11.9. The van der Waals surface area contributed by atoms with Crippen molar-refractivity contribution in [2.45, 2.75) is 17.7 Å². The number of esters is 1. The van der Waals surface area contributed by atoms with Gasteiger partial charge in [-0.05, 0) is 47.7 Å². The van der Waals surface area contributed by atoms with Crippen molar-refractivity contribution < 1.29 is 17.9 Å². The Hall–Kier alpha value is -3.67. The second-order valence-corrected chi connectivity index (χ2v) is 11.3. The molecule has 1 saturated heterocycles. The summed E-state index contributed by atoms with van der Waals surface area (Å²) in [6, 6.07) is 18.7. The van der Waals surface area contributed by atoms with Gasteiger partial charge < -0.3 is 9.64 Å². The molecule has 0 bridgehead atoms. The van der Waals surface area contributed by atoms with Gasteiger partial charge in [-0.15, -0.1) is 0 Å². The van der Waals surface area contributed by atoms with Crippen LogP contribution in [0.15, 0.2) is 82.4 Å². The Bertz CT molecular complexity index is 1670. The topological polar surface area (TPSA) is 114 Å². The summed E-state index contributed by atoms with van der Waals surface area (Å²) in [5, 5.41) is 2.03. The molecule has 0 amide bonds. The molecule has 11 heteroatoms. The van der Waals surface area contributed by atoms with Crippen LogP contribution in [-0.4, -0.2) is 53.6 Å². The van der Waals surface area contributed by atoms with Gasteiger partial charge in [0, 0.05) is 31.4 Å². The molecule has 2 aliphatic heterocycles. The standard InChI is InChI=1S/C26H23N5O4S2/c32-26-22(28-25(35-26)20-8-3-6-18-5-1-2-7-19(18)20)16-31-13-11-17(12-14-31)15-27-37(33,34)23-10-4-9-21-24(23)30-36-29-21/h1-10,16-17,27H,11-15H2. The number of fused-ring (bicyclic) bond motifs is 2. The maximum Gasteiger partial charge on any atom is 0.365 e. The molecule has 188 valence electrons. The van der Waals surface area contributed by atoms with Crippen LogP contribution >= 0.6 is 11.7 Å². The van der Waals surface area contributed by atoms with Gasteiger partial charge in [0.25, 0.3) is 0 Å². The van der Waals surface area contributed by atoms with Gasteiger partial charge in [-0.3, -0.25) is 0 Å². The van der Waals surface area contributed by atoms with Crippen LogP contribution in [0.5, 0.6) is 0 Å². The number of sulfonamides is 1. The minimum absolute atomic E-state index is 0.153. The first kappa shape index (κ1) is 23.7. The second kappa shape index (κ2) is 9.66. The van der Waals surface area contributed by atoms with Crippen molar-refractivity contribution in [3.8, 4) is 0 Å². The van der Waals surface area contributed by atoms with Gasteiger partial charge in [0.2, 0.25) is 15.9 Å². The molecule has 6 rings (SSSR count). The number of benzene rings is 3. The number of cyclic esters (lactones) is 1. The summed E-state index contributed by atoms with van der Waals surface area (Å²) in [4.78, 5) is 19.2. The minimum atomic E-state index is -3.69. The fourth-order valence-electron chi connectivity index (χ4n) is 4.69. The quantitative estimate of drug-likeness (QED) is 0.297. The minimum Gasteiger partial charge on any atom is -0.402 e. The van der Waals surface area contributed by atoms with Crippen LogP contribution in [0.4, 0.5) is 0 Å². The number of carbonyl (C=O) groups is 1. The van der Waals surface area contributed by atoms with Gasteiger partial charge in [-0.2, -0.15) is 8.75 Å². The maximum absolute atomic E-state index is 12.9. The number of aliphatic imine (C=N–C) groups is 1. The average molecular weight is 534 g/mol. The largest absolute Gasteiger partial charge is 0.402 e. The number of hydrogen-bond donors (Lipinski definition) is 1. The lowest BCUT2D eigenvalue weighted by molar-refractivity contribution is -0.130. The Kier molecular flexibility index (Phi) is 6.19. The summed E-state index contributed by atoms with van der Waals surface area (Å²) in [5.41, 5.74) is 2.02. The Morgan fingerprint density at radius 1 is 1.03 bits per heavy atom. The third-order valence-electron chi connectivity index (χ3n) is 6.70. The van der Waals surface area contributed by atoms with E-state index in [1.54, 1.807) is 24.4 Å². The summed E-state index contributed by atoms with van der Waals surface area (Å²) in [5.74, 6) is 0.0219. The number of aromatic nitrogens is 2. The summed E-state index contributed by atoms with van der Waals surface area (Å²) in [6.45, 7) is 1.72. The molecule has 0 spiro atoms. The highest BCUT2D eigenvalue weighted by Gasteiger charge is 2.28. The van der Waals surface area contributed by atoms with E-state index < -0.39 is 16.0 Å². The van der Waals surface area contributed by atoms with Gasteiger partial charge in [0.05, 0.1) is 11.7 Å². The number of rotatable bonds is 6. The highest BCUT2D eigenvalue weighted by atomic mass is 32.2. The van der Waals surface area contributed by atoms with Gasteiger partial charge in [-0.1, -0.05) is 42.5 Å². The Labute approximate surface area is 217 Å². The molecule has 0 saturated carbocycles. The van der Waals surface area contributed by atoms with Crippen LogP contribution in [0.25, 0.3) is 21.8 Å². The van der Waals surface area contributed by atoms with Crippen molar-refractivity contribution in [3.05, 3.63) is 78.1 Å². The summed E-state index contributed by atoms with van der Waals surface area (Å²) >= 11 is 0.996. The van der Waals surface area contributed by atoms with E-state index in [1.807, 2.05) is 47.4 Å². The average Bonchev–Trinajstić information content (AvgIpc) is 3.54. The fraction of sp³-hybridized carbons (Fsp3) is 0.231. The highest BCUT2D eigenvalue weighted by molar-refractivity contribution is 7.89.